The Hall–Kier alpha value is -1.68. The molecule has 1 saturated heterocycles. The summed E-state index contributed by atoms with van der Waals surface area (Å²) >= 11 is 0. The lowest BCUT2D eigenvalue weighted by molar-refractivity contribution is 0.169. The summed E-state index contributed by atoms with van der Waals surface area (Å²) in [5.74, 6) is 1.57. The minimum atomic E-state index is -0.241. The molecule has 0 unspecified atom stereocenters. The van der Waals surface area contributed by atoms with Gasteiger partial charge in [-0.05, 0) is 31.5 Å². The molecule has 1 aromatic heterocycles. The van der Waals surface area contributed by atoms with Crippen molar-refractivity contribution < 1.29 is 8.91 Å². The van der Waals surface area contributed by atoms with Gasteiger partial charge in [0.1, 0.15) is 11.6 Å². The summed E-state index contributed by atoms with van der Waals surface area (Å²) in [5, 5.41) is 7.50. The van der Waals surface area contributed by atoms with Crippen LogP contribution in [0.15, 0.2) is 39.8 Å². The molecule has 0 bridgehead atoms. The first-order valence-electron chi connectivity index (χ1n) is 10.3. The quantitative estimate of drug-likeness (QED) is 0.351. The van der Waals surface area contributed by atoms with Crippen LogP contribution in [0.3, 0.4) is 0 Å². The van der Waals surface area contributed by atoms with E-state index in [-0.39, 0.29) is 35.2 Å². The van der Waals surface area contributed by atoms with Gasteiger partial charge in [-0.25, -0.2) is 4.39 Å². The van der Waals surface area contributed by atoms with E-state index in [2.05, 4.69) is 41.0 Å². The molecular weight excluding hydrogens is 496 g/mol. The van der Waals surface area contributed by atoms with Crippen LogP contribution in [0.5, 0.6) is 0 Å². The number of nitrogens with zero attached hydrogens (tertiary/aromatic N) is 4. The Morgan fingerprint density at radius 2 is 1.97 bits per heavy atom. The number of benzene rings is 1. The number of nitrogens with one attached hydrogen (secondary N) is 1. The molecule has 0 saturated carbocycles. The molecule has 1 aliphatic heterocycles. The maximum atomic E-state index is 13.6. The topological polar surface area (TPSA) is 56.9 Å². The molecule has 1 fully saturated rings. The van der Waals surface area contributed by atoms with E-state index in [1.54, 1.807) is 12.1 Å². The maximum Gasteiger partial charge on any atom is 0.194 e. The van der Waals surface area contributed by atoms with E-state index in [0.29, 0.717) is 6.54 Å². The summed E-state index contributed by atoms with van der Waals surface area (Å²) in [6, 6.07) is 8.80. The molecule has 1 N–H and O–H groups in total. The van der Waals surface area contributed by atoms with Crippen molar-refractivity contribution in [3.8, 4) is 0 Å². The van der Waals surface area contributed by atoms with Gasteiger partial charge in [0.25, 0.3) is 0 Å². The van der Waals surface area contributed by atoms with Gasteiger partial charge in [-0.1, -0.05) is 31.1 Å². The second-order valence-electron chi connectivity index (χ2n) is 8.26. The zero-order valence-corrected chi connectivity index (χ0v) is 20.7. The Morgan fingerprint density at radius 1 is 1.23 bits per heavy atom. The number of rotatable bonds is 6. The van der Waals surface area contributed by atoms with Gasteiger partial charge in [0.2, 0.25) is 0 Å². The molecule has 1 aromatic carbocycles. The van der Waals surface area contributed by atoms with Crippen LogP contribution in [-0.4, -0.2) is 60.2 Å². The highest BCUT2D eigenvalue weighted by Crippen LogP contribution is 2.24. The summed E-state index contributed by atoms with van der Waals surface area (Å²) in [7, 11) is 0. The van der Waals surface area contributed by atoms with Gasteiger partial charge in [-0.3, -0.25) is 9.89 Å². The molecule has 0 amide bonds. The summed E-state index contributed by atoms with van der Waals surface area (Å²) in [6.07, 6.45) is 0. The fraction of sp³-hybridized carbons (Fsp3) is 0.545. The van der Waals surface area contributed by atoms with Crippen LogP contribution in [0, 0.1) is 12.7 Å². The molecule has 2 heterocycles. The molecule has 0 atom stereocenters. The first-order chi connectivity index (χ1) is 13.9. The lowest BCUT2D eigenvalue weighted by Gasteiger charge is -2.36. The highest BCUT2D eigenvalue weighted by atomic mass is 127. The second kappa shape index (κ2) is 11.1. The number of aromatic nitrogens is 1. The highest BCUT2D eigenvalue weighted by Gasteiger charge is 2.24. The third kappa shape index (κ3) is 6.66. The van der Waals surface area contributed by atoms with Crippen LogP contribution in [0.4, 0.5) is 4.39 Å². The van der Waals surface area contributed by atoms with Crippen molar-refractivity contribution in [1.82, 2.24) is 20.3 Å². The number of halogens is 2. The third-order valence-electron chi connectivity index (χ3n) is 5.30. The van der Waals surface area contributed by atoms with Crippen molar-refractivity contribution in [2.24, 2.45) is 4.99 Å². The monoisotopic (exact) mass is 529 g/mol. The maximum absolute atomic E-state index is 13.6. The van der Waals surface area contributed by atoms with Crippen LogP contribution >= 0.6 is 24.0 Å². The van der Waals surface area contributed by atoms with Gasteiger partial charge in [0.05, 0.1) is 12.2 Å². The van der Waals surface area contributed by atoms with Crippen LogP contribution in [-0.2, 0) is 12.0 Å². The number of piperazine rings is 1. The first-order valence-corrected chi connectivity index (χ1v) is 10.3. The average molecular weight is 529 g/mol. The first kappa shape index (κ1) is 24.6. The normalized spacial score (nSPS) is 15.8. The van der Waals surface area contributed by atoms with Crippen molar-refractivity contribution in [3.05, 3.63) is 53.2 Å². The Kier molecular flexibility index (Phi) is 9.09. The molecule has 1 aliphatic rings. The Morgan fingerprint density at radius 3 is 2.57 bits per heavy atom. The molecule has 166 valence electrons. The van der Waals surface area contributed by atoms with E-state index in [1.165, 1.54) is 6.07 Å². The molecule has 0 spiro atoms. The molecule has 3 rings (SSSR count). The molecule has 30 heavy (non-hydrogen) atoms. The minimum Gasteiger partial charge on any atom is -0.361 e. The van der Waals surface area contributed by atoms with E-state index in [1.807, 2.05) is 19.1 Å². The van der Waals surface area contributed by atoms with Gasteiger partial charge in [0.15, 0.2) is 5.96 Å². The van der Waals surface area contributed by atoms with Crippen LogP contribution in [0.1, 0.15) is 37.8 Å². The van der Waals surface area contributed by atoms with Crippen molar-refractivity contribution in [2.45, 2.75) is 39.7 Å². The Bertz CT molecular complexity index is 830. The fourth-order valence-electron chi connectivity index (χ4n) is 3.54. The minimum absolute atomic E-state index is 0. The lowest BCUT2D eigenvalue weighted by Crippen LogP contribution is -2.52. The smallest absolute Gasteiger partial charge is 0.194 e. The average Bonchev–Trinajstić information content (AvgIpc) is 3.10. The van der Waals surface area contributed by atoms with Gasteiger partial charge < -0.3 is 14.7 Å². The van der Waals surface area contributed by atoms with Crippen molar-refractivity contribution in [3.63, 3.8) is 0 Å². The van der Waals surface area contributed by atoms with Gasteiger partial charge in [0, 0.05) is 50.7 Å². The van der Waals surface area contributed by atoms with Crippen LogP contribution in [0.2, 0.25) is 0 Å². The van der Waals surface area contributed by atoms with Gasteiger partial charge >= 0.3 is 0 Å². The van der Waals surface area contributed by atoms with Gasteiger partial charge in [-0.15, -0.1) is 24.0 Å². The summed E-state index contributed by atoms with van der Waals surface area (Å²) in [4.78, 5) is 9.57. The molecule has 2 aromatic rings. The number of hydrogen-bond donors (Lipinski definition) is 1. The summed E-state index contributed by atoms with van der Waals surface area (Å²) in [6.45, 7) is 14.1. The third-order valence-corrected chi connectivity index (χ3v) is 5.30. The van der Waals surface area contributed by atoms with Crippen molar-refractivity contribution in [2.75, 3.05) is 39.3 Å². The predicted octanol–water partition coefficient (Wildman–Crippen LogP) is 3.80. The fourth-order valence-corrected chi connectivity index (χ4v) is 3.54. The van der Waals surface area contributed by atoms with E-state index in [0.717, 1.165) is 62.2 Å². The zero-order valence-electron chi connectivity index (χ0n) is 18.3. The largest absolute Gasteiger partial charge is 0.361 e. The van der Waals surface area contributed by atoms with Crippen molar-refractivity contribution in [1.29, 1.82) is 0 Å². The Labute approximate surface area is 195 Å². The van der Waals surface area contributed by atoms with E-state index >= 15 is 0 Å². The van der Waals surface area contributed by atoms with E-state index in [4.69, 9.17) is 9.52 Å². The van der Waals surface area contributed by atoms with Crippen molar-refractivity contribution >= 4 is 29.9 Å². The second-order valence-corrected chi connectivity index (χ2v) is 8.26. The standard InChI is InChI=1S/C22H32FN5O.HI/c1-5-24-21(25-16-22(3,4)18-7-6-8-19(23)14-18)28-11-9-27(10-12-28)15-20-13-17(2)29-26-20;/h6-8,13-14H,5,9-12,15-16H2,1-4H3,(H,24,25);1H. The number of aliphatic imine (C=N–C) groups is 1. The number of hydrogen-bond acceptors (Lipinski definition) is 4. The molecule has 8 heteroatoms. The zero-order chi connectivity index (χ0) is 20.9. The van der Waals surface area contributed by atoms with E-state index in [9.17, 15) is 4.39 Å². The molecule has 6 nitrogen and oxygen atoms in total. The SMILES string of the molecule is CCNC(=NCC(C)(C)c1cccc(F)c1)N1CCN(Cc2cc(C)on2)CC1.I. The predicted molar refractivity (Wildman–Crippen MR) is 129 cm³/mol. The summed E-state index contributed by atoms with van der Waals surface area (Å²) < 4.78 is 18.8. The highest BCUT2D eigenvalue weighted by molar-refractivity contribution is 14.0. The molecule has 0 radical (unpaired) electrons. The number of aryl methyl sites for hydroxylation is 1. The molecular formula is C22H33FIN5O. The lowest BCUT2D eigenvalue weighted by atomic mass is 9.85. The number of guanidine groups is 1. The van der Waals surface area contributed by atoms with Gasteiger partial charge in [-0.2, -0.15) is 0 Å². The summed E-state index contributed by atoms with van der Waals surface area (Å²) in [5.41, 5.74) is 1.70. The van der Waals surface area contributed by atoms with E-state index < -0.39 is 0 Å². The molecule has 0 aliphatic carbocycles. The van der Waals surface area contributed by atoms with Crippen LogP contribution in [0.25, 0.3) is 0 Å². The van der Waals surface area contributed by atoms with Crippen LogP contribution < -0.4 is 5.32 Å². The Balaban J connectivity index is 0.00000320.